The van der Waals surface area contributed by atoms with Crippen molar-refractivity contribution in [2.75, 3.05) is 13.6 Å². The lowest BCUT2D eigenvalue weighted by atomic mass is 10.3. The summed E-state index contributed by atoms with van der Waals surface area (Å²) in [6.07, 6.45) is 0. The van der Waals surface area contributed by atoms with E-state index in [1.54, 1.807) is 4.90 Å². The molecular formula is C7H12N2OS. The van der Waals surface area contributed by atoms with Gasteiger partial charge in [-0.2, -0.15) is 0 Å². The first-order valence-corrected chi connectivity index (χ1v) is 4.08. The van der Waals surface area contributed by atoms with E-state index in [-0.39, 0.29) is 11.9 Å². The van der Waals surface area contributed by atoms with E-state index in [0.29, 0.717) is 11.7 Å². The fraction of sp³-hybridized carbons (Fsp3) is 0.714. The van der Waals surface area contributed by atoms with Crippen molar-refractivity contribution in [3.8, 4) is 0 Å². The van der Waals surface area contributed by atoms with Gasteiger partial charge in [-0.3, -0.25) is 9.69 Å². The predicted molar refractivity (Wildman–Crippen MR) is 47.2 cm³/mol. The molecule has 1 unspecified atom stereocenters. The number of likely N-dealkylation sites (N-methyl/N-ethyl adjacent to an activating group) is 2. The Morgan fingerprint density at radius 2 is 2.18 bits per heavy atom. The maximum absolute atomic E-state index is 11.4. The van der Waals surface area contributed by atoms with Crippen LogP contribution in [0, 0.1) is 0 Å². The number of hydrogen-bond acceptors (Lipinski definition) is 2. The second-order valence-electron chi connectivity index (χ2n) is 2.65. The lowest BCUT2D eigenvalue weighted by Crippen LogP contribution is -2.30. The van der Waals surface area contributed by atoms with Crippen molar-refractivity contribution in [2.45, 2.75) is 19.9 Å². The van der Waals surface area contributed by atoms with Gasteiger partial charge in [-0.15, -0.1) is 0 Å². The van der Waals surface area contributed by atoms with Gasteiger partial charge in [0.1, 0.15) is 6.04 Å². The molecule has 0 aromatic rings. The van der Waals surface area contributed by atoms with Gasteiger partial charge in [0.2, 0.25) is 0 Å². The number of carbonyl (C=O) groups excluding carboxylic acids is 1. The highest BCUT2D eigenvalue weighted by molar-refractivity contribution is 7.80. The Labute approximate surface area is 72.0 Å². The van der Waals surface area contributed by atoms with E-state index in [0.717, 1.165) is 0 Å². The molecule has 0 aromatic carbocycles. The SMILES string of the molecule is CCN1C(=O)C(C)N(C)C1=S. The summed E-state index contributed by atoms with van der Waals surface area (Å²) in [5.74, 6) is 0.111. The standard InChI is InChI=1S/C7H12N2OS/c1-4-9-6(10)5(2)8(3)7(9)11/h5H,4H2,1-3H3. The third-order valence-electron chi connectivity index (χ3n) is 2.05. The van der Waals surface area contributed by atoms with Gasteiger partial charge in [0.25, 0.3) is 5.91 Å². The molecule has 0 bridgehead atoms. The molecule has 1 amide bonds. The van der Waals surface area contributed by atoms with Gasteiger partial charge in [-0.25, -0.2) is 0 Å². The van der Waals surface area contributed by atoms with Gasteiger partial charge in [0, 0.05) is 13.6 Å². The Bertz CT molecular complexity index is 185. The molecule has 11 heavy (non-hydrogen) atoms. The van der Waals surface area contributed by atoms with Crippen LogP contribution in [0.4, 0.5) is 0 Å². The number of thiocarbonyl (C=S) groups is 1. The minimum atomic E-state index is -0.0811. The minimum absolute atomic E-state index is 0.0811. The third kappa shape index (κ3) is 1.11. The Balaban J connectivity index is 2.86. The van der Waals surface area contributed by atoms with E-state index >= 15 is 0 Å². The number of carbonyl (C=O) groups is 1. The van der Waals surface area contributed by atoms with Crippen LogP contribution in [0.15, 0.2) is 0 Å². The molecule has 0 N–H and O–H groups in total. The first-order chi connectivity index (χ1) is 5.09. The first-order valence-electron chi connectivity index (χ1n) is 3.67. The normalized spacial score (nSPS) is 25.2. The van der Waals surface area contributed by atoms with Crippen molar-refractivity contribution < 1.29 is 4.79 Å². The van der Waals surface area contributed by atoms with Gasteiger partial charge < -0.3 is 4.90 Å². The molecule has 1 fully saturated rings. The zero-order chi connectivity index (χ0) is 8.59. The summed E-state index contributed by atoms with van der Waals surface area (Å²) in [4.78, 5) is 14.8. The Hall–Kier alpha value is -0.640. The van der Waals surface area contributed by atoms with E-state index < -0.39 is 0 Å². The molecule has 3 nitrogen and oxygen atoms in total. The van der Waals surface area contributed by atoms with Crippen LogP contribution >= 0.6 is 12.2 Å². The number of rotatable bonds is 1. The van der Waals surface area contributed by atoms with Crippen LogP contribution < -0.4 is 0 Å². The van der Waals surface area contributed by atoms with Crippen molar-refractivity contribution >= 4 is 23.2 Å². The van der Waals surface area contributed by atoms with Crippen molar-refractivity contribution in [2.24, 2.45) is 0 Å². The van der Waals surface area contributed by atoms with Crippen LogP contribution in [0.3, 0.4) is 0 Å². The summed E-state index contributed by atoms with van der Waals surface area (Å²) in [7, 11) is 1.85. The molecule has 1 aliphatic heterocycles. The van der Waals surface area contributed by atoms with Crippen LogP contribution in [0.5, 0.6) is 0 Å². The Kier molecular flexibility index (Phi) is 2.13. The minimum Gasteiger partial charge on any atom is -0.340 e. The van der Waals surface area contributed by atoms with Gasteiger partial charge in [-0.1, -0.05) is 0 Å². The molecule has 1 saturated heterocycles. The lowest BCUT2D eigenvalue weighted by molar-refractivity contribution is -0.127. The highest BCUT2D eigenvalue weighted by Crippen LogP contribution is 2.14. The zero-order valence-electron chi connectivity index (χ0n) is 7.00. The molecule has 1 heterocycles. The molecule has 1 rings (SSSR count). The lowest BCUT2D eigenvalue weighted by Gasteiger charge is -2.14. The number of hydrogen-bond donors (Lipinski definition) is 0. The van der Waals surface area contributed by atoms with Crippen LogP contribution in [0.2, 0.25) is 0 Å². The van der Waals surface area contributed by atoms with E-state index in [4.69, 9.17) is 12.2 Å². The Morgan fingerprint density at radius 3 is 2.36 bits per heavy atom. The number of amides is 1. The van der Waals surface area contributed by atoms with Crippen molar-refractivity contribution in [1.29, 1.82) is 0 Å². The van der Waals surface area contributed by atoms with Crippen LogP contribution in [0.25, 0.3) is 0 Å². The van der Waals surface area contributed by atoms with Crippen LogP contribution in [0.1, 0.15) is 13.8 Å². The summed E-state index contributed by atoms with van der Waals surface area (Å²) in [5, 5.41) is 0.644. The van der Waals surface area contributed by atoms with Crippen LogP contribution in [-0.2, 0) is 4.79 Å². The van der Waals surface area contributed by atoms with Gasteiger partial charge in [0.15, 0.2) is 5.11 Å². The van der Waals surface area contributed by atoms with Gasteiger partial charge in [-0.05, 0) is 26.1 Å². The average molecular weight is 172 g/mol. The molecule has 1 aliphatic rings. The zero-order valence-corrected chi connectivity index (χ0v) is 7.81. The van der Waals surface area contributed by atoms with Gasteiger partial charge >= 0.3 is 0 Å². The summed E-state index contributed by atoms with van der Waals surface area (Å²) >= 11 is 5.05. The monoisotopic (exact) mass is 172 g/mol. The molecule has 0 aliphatic carbocycles. The van der Waals surface area contributed by atoms with Crippen LogP contribution in [-0.4, -0.2) is 40.5 Å². The number of nitrogens with zero attached hydrogens (tertiary/aromatic N) is 2. The molecule has 0 saturated carbocycles. The highest BCUT2D eigenvalue weighted by atomic mass is 32.1. The third-order valence-corrected chi connectivity index (χ3v) is 2.56. The maximum atomic E-state index is 11.4. The second-order valence-corrected chi connectivity index (χ2v) is 3.02. The molecule has 62 valence electrons. The first kappa shape index (κ1) is 8.46. The quantitative estimate of drug-likeness (QED) is 0.537. The van der Waals surface area contributed by atoms with Crippen molar-refractivity contribution in [3.05, 3.63) is 0 Å². The fourth-order valence-corrected chi connectivity index (χ4v) is 1.51. The smallest absolute Gasteiger partial charge is 0.251 e. The summed E-state index contributed by atoms with van der Waals surface area (Å²) in [5.41, 5.74) is 0. The molecule has 0 radical (unpaired) electrons. The largest absolute Gasteiger partial charge is 0.340 e. The fourth-order valence-electron chi connectivity index (χ4n) is 1.13. The average Bonchev–Trinajstić information content (AvgIpc) is 2.17. The van der Waals surface area contributed by atoms with Crippen molar-refractivity contribution in [1.82, 2.24) is 9.80 Å². The van der Waals surface area contributed by atoms with E-state index in [1.807, 2.05) is 25.8 Å². The molecule has 0 aromatic heterocycles. The highest BCUT2D eigenvalue weighted by Gasteiger charge is 2.35. The summed E-state index contributed by atoms with van der Waals surface area (Å²) in [6, 6.07) is -0.0811. The maximum Gasteiger partial charge on any atom is 0.251 e. The van der Waals surface area contributed by atoms with E-state index in [9.17, 15) is 4.79 Å². The molecule has 1 atom stereocenters. The van der Waals surface area contributed by atoms with Gasteiger partial charge in [0.05, 0.1) is 0 Å². The second kappa shape index (κ2) is 2.77. The molecular weight excluding hydrogens is 160 g/mol. The molecule has 0 spiro atoms. The predicted octanol–water partition coefficient (Wildman–Crippen LogP) is 0.454. The topological polar surface area (TPSA) is 23.6 Å². The van der Waals surface area contributed by atoms with E-state index in [1.165, 1.54) is 0 Å². The molecule has 4 heteroatoms. The Morgan fingerprint density at radius 1 is 1.64 bits per heavy atom. The summed E-state index contributed by atoms with van der Waals surface area (Å²) < 4.78 is 0. The van der Waals surface area contributed by atoms with Crippen molar-refractivity contribution in [3.63, 3.8) is 0 Å². The van der Waals surface area contributed by atoms with E-state index in [2.05, 4.69) is 0 Å². The summed E-state index contributed by atoms with van der Waals surface area (Å²) in [6.45, 7) is 4.46.